The maximum atomic E-state index is 12.3. The van der Waals surface area contributed by atoms with Gasteiger partial charge >= 0.3 is 0 Å². The van der Waals surface area contributed by atoms with Crippen molar-refractivity contribution in [2.75, 3.05) is 30.4 Å². The molecule has 5 rings (SSSR count). The molecule has 33 heavy (non-hydrogen) atoms. The Morgan fingerprint density at radius 2 is 2.03 bits per heavy atom. The number of primary amides is 1. The molecule has 1 aromatic carbocycles. The van der Waals surface area contributed by atoms with E-state index in [1.54, 1.807) is 4.52 Å². The van der Waals surface area contributed by atoms with E-state index in [0.717, 1.165) is 47.5 Å². The number of anilines is 2. The zero-order valence-electron chi connectivity index (χ0n) is 19.7. The van der Waals surface area contributed by atoms with Gasteiger partial charge in [-0.2, -0.15) is 5.10 Å². The van der Waals surface area contributed by atoms with Crippen molar-refractivity contribution >= 4 is 22.8 Å². The minimum Gasteiger partial charge on any atom is -0.490 e. The van der Waals surface area contributed by atoms with Crippen LogP contribution in [0.4, 0.5) is 11.4 Å². The molecule has 2 aromatic heterocycles. The molecule has 0 spiro atoms. The van der Waals surface area contributed by atoms with E-state index in [4.69, 9.17) is 16.2 Å². The van der Waals surface area contributed by atoms with Crippen LogP contribution in [-0.2, 0) is 0 Å². The third-order valence-corrected chi connectivity index (χ3v) is 7.91. The first-order chi connectivity index (χ1) is 15.6. The van der Waals surface area contributed by atoms with Gasteiger partial charge in [-0.3, -0.25) is 4.79 Å². The number of benzene rings is 1. The fourth-order valence-electron chi connectivity index (χ4n) is 5.04. The summed E-state index contributed by atoms with van der Waals surface area (Å²) in [6.45, 7) is 7.98. The molecule has 174 valence electrons. The van der Waals surface area contributed by atoms with Gasteiger partial charge in [0.2, 0.25) is 0 Å². The van der Waals surface area contributed by atoms with Gasteiger partial charge in [-0.25, -0.2) is 4.52 Å². The van der Waals surface area contributed by atoms with Crippen molar-refractivity contribution in [1.82, 2.24) is 9.61 Å². The second-order valence-electron chi connectivity index (χ2n) is 10.2. The molecule has 2 aliphatic rings. The number of nitrogens with one attached hydrogen (secondary N) is 1. The Morgan fingerprint density at radius 3 is 2.73 bits per heavy atom. The molecule has 3 heterocycles. The van der Waals surface area contributed by atoms with E-state index < -0.39 is 5.91 Å². The molecule has 1 fully saturated rings. The summed E-state index contributed by atoms with van der Waals surface area (Å²) in [5, 5.41) is 8.09. The van der Waals surface area contributed by atoms with E-state index in [9.17, 15) is 4.79 Å². The Hall–Kier alpha value is -3.26. The first-order valence-corrected chi connectivity index (χ1v) is 11.4. The topological polar surface area (TPSA) is 111 Å². The molecule has 1 aliphatic carbocycles. The number of fused-ring (bicyclic) bond motifs is 2. The molecule has 2 atom stereocenters. The fraction of sp³-hybridized carbons (Fsp3) is 0.440. The number of nitrogens with zero attached hydrogens (tertiary/aromatic N) is 3. The maximum Gasteiger partial charge on any atom is 0.252 e. The van der Waals surface area contributed by atoms with Gasteiger partial charge < -0.3 is 26.4 Å². The number of hydrogen-bond donors (Lipinski definition) is 3. The van der Waals surface area contributed by atoms with Crippen LogP contribution >= 0.6 is 0 Å². The largest absolute Gasteiger partial charge is 0.490 e. The number of aromatic nitrogens is 2. The van der Waals surface area contributed by atoms with Crippen LogP contribution in [0.5, 0.6) is 5.75 Å². The summed E-state index contributed by atoms with van der Waals surface area (Å²) in [5.74, 6) is 0.363. The highest BCUT2D eigenvalue weighted by atomic mass is 16.5. The molecule has 0 bridgehead atoms. The van der Waals surface area contributed by atoms with Crippen LogP contribution in [0.2, 0.25) is 0 Å². The predicted octanol–water partition coefficient (Wildman–Crippen LogP) is 3.25. The molecule has 1 amide bonds. The third kappa shape index (κ3) is 3.40. The first kappa shape index (κ1) is 21.6. The van der Waals surface area contributed by atoms with Gasteiger partial charge in [0.25, 0.3) is 5.91 Å². The normalized spacial score (nSPS) is 23.9. The monoisotopic (exact) mass is 448 g/mol. The van der Waals surface area contributed by atoms with E-state index in [2.05, 4.69) is 61.3 Å². The zero-order valence-corrected chi connectivity index (χ0v) is 19.7. The Bertz CT molecular complexity index is 1250. The summed E-state index contributed by atoms with van der Waals surface area (Å²) in [4.78, 5) is 14.5. The van der Waals surface area contributed by atoms with Crippen LogP contribution in [0.3, 0.4) is 0 Å². The van der Waals surface area contributed by atoms with Crippen molar-refractivity contribution in [2.24, 2.45) is 16.9 Å². The van der Waals surface area contributed by atoms with E-state index in [1.165, 1.54) is 6.20 Å². The van der Waals surface area contributed by atoms with E-state index in [1.807, 2.05) is 12.3 Å². The predicted molar refractivity (Wildman–Crippen MR) is 131 cm³/mol. The lowest BCUT2D eigenvalue weighted by Crippen LogP contribution is -2.51. The number of nitrogens with two attached hydrogens (primary N) is 2. The SMILES string of the molecule is CN1CCOc2cc(-c3cc4c(N[C@@H]5CC[C@](C)(N)C5(C)C)c(C(N)=O)cnn4c3)ccc21. The fourth-order valence-corrected chi connectivity index (χ4v) is 5.04. The Kier molecular flexibility index (Phi) is 4.83. The molecule has 0 saturated heterocycles. The Balaban J connectivity index is 1.58. The minimum atomic E-state index is -0.508. The summed E-state index contributed by atoms with van der Waals surface area (Å²) >= 11 is 0. The lowest BCUT2D eigenvalue weighted by Gasteiger charge is -2.39. The highest BCUT2D eigenvalue weighted by Gasteiger charge is 2.49. The number of ether oxygens (including phenoxy) is 1. The number of hydrogen-bond acceptors (Lipinski definition) is 6. The van der Waals surface area contributed by atoms with Crippen molar-refractivity contribution in [3.05, 3.63) is 42.2 Å². The summed E-state index contributed by atoms with van der Waals surface area (Å²) in [6, 6.07) is 8.36. The molecule has 8 nitrogen and oxygen atoms in total. The molecular formula is C25H32N6O2. The first-order valence-electron chi connectivity index (χ1n) is 11.4. The van der Waals surface area contributed by atoms with Gasteiger partial charge in [0, 0.05) is 35.8 Å². The number of carbonyl (C=O) groups is 1. The van der Waals surface area contributed by atoms with Gasteiger partial charge in [-0.05, 0) is 43.5 Å². The average Bonchev–Trinajstić information content (AvgIpc) is 3.28. The standard InChI is InChI=1S/C25H32N6O2/c1-24(2)21(7-8-25(24,3)27)29-22-17(23(26)32)13-28-31-14-16(11-19(22)31)15-5-6-18-20(12-15)33-10-9-30(18)4/h5-6,11-14,21,29H,7-10,27H2,1-4H3,(H2,26,32)/t21-,25+/m1/s1. The number of amides is 1. The number of carbonyl (C=O) groups excluding carboxylic acids is 1. The molecule has 8 heteroatoms. The van der Waals surface area contributed by atoms with Gasteiger partial charge in [-0.15, -0.1) is 0 Å². The van der Waals surface area contributed by atoms with E-state index >= 15 is 0 Å². The summed E-state index contributed by atoms with van der Waals surface area (Å²) in [6.07, 6.45) is 5.32. The average molecular weight is 449 g/mol. The maximum absolute atomic E-state index is 12.3. The van der Waals surface area contributed by atoms with E-state index in [-0.39, 0.29) is 17.0 Å². The van der Waals surface area contributed by atoms with Gasteiger partial charge in [0.05, 0.1) is 35.2 Å². The molecule has 1 saturated carbocycles. The molecule has 5 N–H and O–H groups in total. The van der Waals surface area contributed by atoms with Crippen LogP contribution in [0.25, 0.3) is 16.6 Å². The van der Waals surface area contributed by atoms with Crippen molar-refractivity contribution in [1.29, 1.82) is 0 Å². The van der Waals surface area contributed by atoms with Crippen LogP contribution in [-0.4, -0.2) is 47.3 Å². The van der Waals surface area contributed by atoms with Crippen molar-refractivity contribution < 1.29 is 9.53 Å². The molecule has 1 aliphatic heterocycles. The summed E-state index contributed by atoms with van der Waals surface area (Å²) < 4.78 is 7.68. The number of rotatable bonds is 4. The van der Waals surface area contributed by atoms with Gasteiger partial charge in [-0.1, -0.05) is 19.9 Å². The highest BCUT2D eigenvalue weighted by Crippen LogP contribution is 2.46. The molecule has 0 unspecified atom stereocenters. The Labute approximate surface area is 193 Å². The molecular weight excluding hydrogens is 416 g/mol. The molecule has 0 radical (unpaired) electrons. The Morgan fingerprint density at radius 1 is 1.24 bits per heavy atom. The van der Waals surface area contributed by atoms with Crippen LogP contribution in [0.15, 0.2) is 36.7 Å². The third-order valence-electron chi connectivity index (χ3n) is 7.91. The van der Waals surface area contributed by atoms with Crippen molar-refractivity contribution in [3.63, 3.8) is 0 Å². The second kappa shape index (κ2) is 7.38. The van der Waals surface area contributed by atoms with Gasteiger partial charge in [0.15, 0.2) is 0 Å². The van der Waals surface area contributed by atoms with Crippen LogP contribution in [0, 0.1) is 5.41 Å². The van der Waals surface area contributed by atoms with Crippen molar-refractivity contribution in [3.8, 4) is 16.9 Å². The van der Waals surface area contributed by atoms with Crippen LogP contribution < -0.4 is 26.4 Å². The lowest BCUT2D eigenvalue weighted by atomic mass is 9.75. The number of likely N-dealkylation sites (N-methyl/N-ethyl adjacent to an activating group) is 1. The summed E-state index contributed by atoms with van der Waals surface area (Å²) in [7, 11) is 2.07. The van der Waals surface area contributed by atoms with Crippen LogP contribution in [0.1, 0.15) is 44.0 Å². The summed E-state index contributed by atoms with van der Waals surface area (Å²) in [5.41, 5.74) is 16.8. The lowest BCUT2D eigenvalue weighted by molar-refractivity contribution is 0.100. The van der Waals surface area contributed by atoms with E-state index in [0.29, 0.717) is 17.9 Å². The molecule has 3 aromatic rings. The smallest absolute Gasteiger partial charge is 0.252 e. The van der Waals surface area contributed by atoms with Crippen molar-refractivity contribution in [2.45, 2.75) is 45.2 Å². The van der Waals surface area contributed by atoms with Gasteiger partial charge in [0.1, 0.15) is 12.4 Å². The highest BCUT2D eigenvalue weighted by molar-refractivity contribution is 6.02. The minimum absolute atomic E-state index is 0.0998. The quantitative estimate of drug-likeness (QED) is 0.565. The zero-order chi connectivity index (χ0) is 23.5. The second-order valence-corrected chi connectivity index (χ2v) is 10.2.